The minimum absolute atomic E-state index is 0.611. The van der Waals surface area contributed by atoms with Crippen molar-refractivity contribution in [1.29, 1.82) is 0 Å². The van der Waals surface area contributed by atoms with Crippen LogP contribution in [0.2, 0.25) is 0 Å². The van der Waals surface area contributed by atoms with Crippen molar-refractivity contribution >= 4 is 22.8 Å². The van der Waals surface area contributed by atoms with E-state index in [9.17, 15) is 0 Å². The quantitative estimate of drug-likeness (QED) is 0.738. The molecule has 2 aromatic rings. The third-order valence-electron chi connectivity index (χ3n) is 6.09. The fourth-order valence-corrected chi connectivity index (χ4v) is 4.51. The molecule has 2 aromatic heterocycles. The van der Waals surface area contributed by atoms with Crippen LogP contribution in [0, 0.1) is 0 Å². The Morgan fingerprint density at radius 3 is 2.85 bits per heavy atom. The summed E-state index contributed by atoms with van der Waals surface area (Å²) in [5.74, 6) is 0.611. The van der Waals surface area contributed by atoms with Crippen molar-refractivity contribution in [3.63, 3.8) is 0 Å². The maximum absolute atomic E-state index is 5.27. The van der Waals surface area contributed by atoms with Gasteiger partial charge >= 0.3 is 0 Å². The summed E-state index contributed by atoms with van der Waals surface area (Å²) in [5.41, 5.74) is 6.53. The zero-order chi connectivity index (χ0) is 18.6. The fourth-order valence-electron chi connectivity index (χ4n) is 4.51. The second-order valence-electron chi connectivity index (χ2n) is 7.54. The van der Waals surface area contributed by atoms with E-state index in [2.05, 4.69) is 40.4 Å². The van der Waals surface area contributed by atoms with Crippen LogP contribution in [-0.4, -0.2) is 53.9 Å². The van der Waals surface area contributed by atoms with Gasteiger partial charge < -0.3 is 9.72 Å². The lowest BCUT2D eigenvalue weighted by Crippen LogP contribution is -2.69. The largest absolute Gasteiger partial charge is 0.383 e. The molecule has 1 aliphatic carbocycles. The molecule has 2 aliphatic rings. The fraction of sp³-hybridized carbons (Fsp3) is 0.524. The predicted octanol–water partition coefficient (Wildman–Crippen LogP) is 2.46. The minimum Gasteiger partial charge on any atom is -0.383 e. The lowest BCUT2D eigenvalue weighted by atomic mass is 9.81. The van der Waals surface area contributed by atoms with Gasteiger partial charge in [0.2, 0.25) is 0 Å². The van der Waals surface area contributed by atoms with E-state index in [0.29, 0.717) is 12.0 Å². The molecule has 0 amide bonds. The van der Waals surface area contributed by atoms with E-state index in [1.807, 2.05) is 17.8 Å². The smallest absolute Gasteiger partial charge is 0.137 e. The van der Waals surface area contributed by atoms with Crippen LogP contribution in [0.15, 0.2) is 29.8 Å². The summed E-state index contributed by atoms with van der Waals surface area (Å²) in [6.45, 7) is 5.22. The Bertz CT molecular complexity index is 832. The normalized spacial score (nSPS) is 22.7. The van der Waals surface area contributed by atoms with Crippen molar-refractivity contribution in [3.05, 3.63) is 35.8 Å². The van der Waals surface area contributed by atoms with Crippen molar-refractivity contribution < 1.29 is 10.2 Å². The van der Waals surface area contributed by atoms with Crippen molar-refractivity contribution in [1.82, 2.24) is 14.9 Å². The molecule has 27 heavy (non-hydrogen) atoms. The molecule has 0 saturated heterocycles. The minimum atomic E-state index is 0.611. The molecule has 0 unspecified atom stereocenters. The van der Waals surface area contributed by atoms with Gasteiger partial charge in [-0.2, -0.15) is 5.43 Å². The second kappa shape index (κ2) is 8.33. The van der Waals surface area contributed by atoms with Gasteiger partial charge in [0.15, 0.2) is 0 Å². The zero-order valence-electron chi connectivity index (χ0n) is 16.3. The Hall–Kier alpha value is -2.02. The van der Waals surface area contributed by atoms with E-state index in [0.717, 1.165) is 30.9 Å². The van der Waals surface area contributed by atoms with Crippen LogP contribution >= 0.6 is 0 Å². The maximum atomic E-state index is 5.27. The number of nitrogens with two attached hydrogens (primary N) is 1. The lowest BCUT2D eigenvalue weighted by Gasteiger charge is -2.36. The van der Waals surface area contributed by atoms with E-state index < -0.39 is 0 Å². The Morgan fingerprint density at radius 1 is 1.30 bits per heavy atom. The van der Waals surface area contributed by atoms with E-state index in [1.54, 1.807) is 7.11 Å². The second-order valence-corrected chi connectivity index (χ2v) is 7.54. The molecule has 3 N–H and O–H groups in total. The highest BCUT2D eigenvalue weighted by Gasteiger charge is 2.26. The Labute approximate surface area is 160 Å². The summed E-state index contributed by atoms with van der Waals surface area (Å²) < 4.78 is 5.27. The third kappa shape index (κ3) is 3.83. The number of nitrogens with zero attached hydrogens (tertiary/aromatic N) is 3. The number of aromatic nitrogens is 2. The standard InChI is InChI=1S/C21H29N5O/c1-3-26(8-9-27-2)18-6-4-15(5-7-18)16-10-19-20(17-12-24-25-13-17)14-23-21(19)22-11-16/h10-15,18H,3-9H2,1-2H3,(H,22,23)(H,24,25)/p+1. The number of methoxy groups -OCH3 is 1. The highest BCUT2D eigenvalue weighted by molar-refractivity contribution is 6.14. The molecule has 0 spiro atoms. The Kier molecular flexibility index (Phi) is 5.66. The first-order valence-corrected chi connectivity index (χ1v) is 10.1. The Morgan fingerprint density at radius 2 is 2.15 bits per heavy atom. The van der Waals surface area contributed by atoms with Crippen molar-refractivity contribution in [3.8, 4) is 0 Å². The van der Waals surface area contributed by atoms with Gasteiger partial charge in [-0.15, -0.1) is 0 Å². The molecule has 4 rings (SSSR count). The topological polar surface area (TPSA) is 70.1 Å². The lowest BCUT2D eigenvalue weighted by molar-refractivity contribution is -0.589. The maximum Gasteiger partial charge on any atom is 0.137 e. The van der Waals surface area contributed by atoms with E-state index in [4.69, 9.17) is 9.72 Å². The number of H-pyrrole nitrogens is 1. The van der Waals surface area contributed by atoms with Crippen molar-refractivity contribution in [2.24, 2.45) is 5.10 Å². The average Bonchev–Trinajstić information content (AvgIpc) is 3.38. The predicted molar refractivity (Wildman–Crippen MR) is 109 cm³/mol. The van der Waals surface area contributed by atoms with Gasteiger partial charge in [-0.3, -0.25) is 4.90 Å². The summed E-state index contributed by atoms with van der Waals surface area (Å²) in [6, 6.07) is 3.03. The van der Waals surface area contributed by atoms with Gasteiger partial charge in [-0.1, -0.05) is 12.0 Å². The number of rotatable bonds is 7. The number of pyridine rings is 1. The van der Waals surface area contributed by atoms with Crippen LogP contribution in [0.4, 0.5) is 0 Å². The Balaban J connectivity index is 1.47. The molecule has 6 nitrogen and oxygen atoms in total. The first kappa shape index (κ1) is 18.3. The highest BCUT2D eigenvalue weighted by atomic mass is 16.5. The van der Waals surface area contributed by atoms with Crippen LogP contribution in [0.5, 0.6) is 0 Å². The number of quaternary nitrogens is 1. The molecule has 0 bridgehead atoms. The van der Waals surface area contributed by atoms with Crippen LogP contribution in [0.1, 0.15) is 49.7 Å². The molecular weight excluding hydrogens is 338 g/mol. The first-order chi connectivity index (χ1) is 13.3. The monoisotopic (exact) mass is 368 g/mol. The summed E-state index contributed by atoms with van der Waals surface area (Å²) in [5, 5.41) is 5.41. The molecule has 1 aliphatic heterocycles. The molecule has 0 atom stereocenters. The summed E-state index contributed by atoms with van der Waals surface area (Å²) in [7, 11) is 1.79. The van der Waals surface area contributed by atoms with Crippen LogP contribution in [-0.2, 0) is 4.74 Å². The van der Waals surface area contributed by atoms with Gasteiger partial charge in [-0.05, 0) is 49.8 Å². The van der Waals surface area contributed by atoms with Gasteiger partial charge in [0.25, 0.3) is 0 Å². The number of ether oxygens (including phenoxy) is 1. The van der Waals surface area contributed by atoms with Crippen molar-refractivity contribution in [2.75, 3.05) is 26.8 Å². The van der Waals surface area contributed by atoms with E-state index in [1.165, 1.54) is 42.2 Å². The van der Waals surface area contributed by atoms with Crippen LogP contribution in [0.25, 0.3) is 16.6 Å². The number of nitrogens with one attached hydrogen (secondary N) is 1. The first-order valence-electron chi connectivity index (χ1n) is 10.1. The molecular formula is C21H30N5O+. The van der Waals surface area contributed by atoms with Crippen LogP contribution in [0.3, 0.4) is 0 Å². The molecule has 144 valence electrons. The molecule has 3 heterocycles. The van der Waals surface area contributed by atoms with E-state index >= 15 is 0 Å². The number of likely N-dealkylation sites (N-methyl/N-ethyl adjacent to an activating group) is 1. The van der Waals surface area contributed by atoms with Gasteiger partial charge in [0.05, 0.1) is 18.4 Å². The molecule has 0 aromatic carbocycles. The van der Waals surface area contributed by atoms with Gasteiger partial charge in [0.1, 0.15) is 11.8 Å². The molecule has 1 saturated carbocycles. The highest BCUT2D eigenvalue weighted by Crippen LogP contribution is 2.36. The number of allylic oxidation sites excluding steroid dienone is 1. The number of fused-ring (bicyclic) bond motifs is 1. The average molecular weight is 369 g/mol. The number of hydrogen-bond donors (Lipinski definition) is 2. The molecule has 6 heteroatoms. The van der Waals surface area contributed by atoms with E-state index in [-0.39, 0.29) is 0 Å². The van der Waals surface area contributed by atoms with Gasteiger partial charge in [-0.25, -0.2) is 4.98 Å². The summed E-state index contributed by atoms with van der Waals surface area (Å²) >= 11 is 0. The van der Waals surface area contributed by atoms with Crippen LogP contribution < -0.4 is 5.43 Å². The number of aromatic amines is 1. The van der Waals surface area contributed by atoms with Crippen molar-refractivity contribution in [2.45, 2.75) is 44.6 Å². The third-order valence-corrected chi connectivity index (χ3v) is 6.09. The summed E-state index contributed by atoms with van der Waals surface area (Å²) in [4.78, 5) is 10.6. The zero-order valence-corrected chi connectivity index (χ0v) is 16.3. The summed E-state index contributed by atoms with van der Waals surface area (Å²) in [6.07, 6.45) is 13.1. The van der Waals surface area contributed by atoms with Gasteiger partial charge in [0, 0.05) is 43.0 Å². The number of hydrogen-bond acceptors (Lipinski definition) is 4. The molecule has 1 fully saturated rings. The SMILES string of the molecule is CCN(CCOC)C1CCC(c2cnc3[nH]cc(C4=C[NH2+]N=C4)c3c2)CC1. The molecule has 0 radical (unpaired) electrons.